The Labute approximate surface area is 173 Å². The highest BCUT2D eigenvalue weighted by atomic mass is 32.2. The van der Waals surface area contributed by atoms with Gasteiger partial charge in [-0.3, -0.25) is 4.79 Å². The molecule has 2 aromatic rings. The fraction of sp³-hybridized carbons (Fsp3) is 0.400. The SMILES string of the molecule is CCOC(=O)c1cnc(S[C@H](CC)C(=O)N2CCOc3ccc(C)cc32)nc1N. The van der Waals surface area contributed by atoms with Crippen LogP contribution in [0.5, 0.6) is 5.75 Å². The van der Waals surface area contributed by atoms with E-state index in [1.165, 1.54) is 18.0 Å². The van der Waals surface area contributed by atoms with Crippen molar-refractivity contribution in [2.45, 2.75) is 37.6 Å². The van der Waals surface area contributed by atoms with Crippen LogP contribution in [-0.2, 0) is 9.53 Å². The number of fused-ring (bicyclic) bond motifs is 1. The van der Waals surface area contributed by atoms with E-state index in [2.05, 4.69) is 9.97 Å². The Morgan fingerprint density at radius 3 is 2.86 bits per heavy atom. The minimum atomic E-state index is -0.565. The molecule has 0 aliphatic carbocycles. The summed E-state index contributed by atoms with van der Waals surface area (Å²) in [7, 11) is 0. The number of benzene rings is 1. The lowest BCUT2D eigenvalue weighted by atomic mass is 10.1. The molecule has 1 amide bonds. The topological polar surface area (TPSA) is 108 Å². The lowest BCUT2D eigenvalue weighted by Crippen LogP contribution is -2.42. The van der Waals surface area contributed by atoms with Crippen molar-refractivity contribution in [3.8, 4) is 5.75 Å². The van der Waals surface area contributed by atoms with Crippen LogP contribution in [-0.4, -0.2) is 46.9 Å². The van der Waals surface area contributed by atoms with Crippen molar-refractivity contribution in [2.75, 3.05) is 30.4 Å². The van der Waals surface area contributed by atoms with E-state index in [1.807, 2.05) is 32.0 Å². The molecule has 0 bridgehead atoms. The summed E-state index contributed by atoms with van der Waals surface area (Å²) in [5.74, 6) is 0.138. The maximum Gasteiger partial charge on any atom is 0.343 e. The number of carbonyl (C=O) groups is 2. The van der Waals surface area contributed by atoms with Crippen LogP contribution in [0.2, 0.25) is 0 Å². The fourth-order valence-corrected chi connectivity index (χ4v) is 3.88. The Bertz CT molecular complexity index is 921. The van der Waals surface area contributed by atoms with Gasteiger partial charge in [0.2, 0.25) is 5.91 Å². The molecular formula is C20H24N4O4S. The van der Waals surface area contributed by atoms with Crippen LogP contribution in [0.15, 0.2) is 29.6 Å². The summed E-state index contributed by atoms with van der Waals surface area (Å²) in [4.78, 5) is 35.2. The van der Waals surface area contributed by atoms with Gasteiger partial charge in [-0.25, -0.2) is 14.8 Å². The number of ether oxygens (including phenoxy) is 2. The van der Waals surface area contributed by atoms with Gasteiger partial charge in [0.05, 0.1) is 24.1 Å². The molecule has 29 heavy (non-hydrogen) atoms. The Morgan fingerprint density at radius 1 is 1.38 bits per heavy atom. The number of hydrogen-bond donors (Lipinski definition) is 1. The number of aromatic nitrogens is 2. The number of rotatable bonds is 6. The molecule has 2 N–H and O–H groups in total. The monoisotopic (exact) mass is 416 g/mol. The second kappa shape index (κ2) is 9.13. The zero-order chi connectivity index (χ0) is 21.0. The summed E-state index contributed by atoms with van der Waals surface area (Å²) in [5, 5.41) is -0.0530. The minimum Gasteiger partial charge on any atom is -0.490 e. The number of nitrogen functional groups attached to an aromatic ring is 1. The average molecular weight is 417 g/mol. The number of nitrogens with two attached hydrogens (primary N) is 1. The van der Waals surface area contributed by atoms with Gasteiger partial charge < -0.3 is 20.1 Å². The van der Waals surface area contributed by atoms with Crippen molar-refractivity contribution >= 4 is 35.1 Å². The molecule has 154 valence electrons. The molecule has 9 heteroatoms. The predicted octanol–water partition coefficient (Wildman–Crippen LogP) is 2.84. The zero-order valence-electron chi connectivity index (χ0n) is 16.7. The largest absolute Gasteiger partial charge is 0.490 e. The molecule has 2 heterocycles. The third-order valence-corrected chi connectivity index (χ3v) is 5.66. The number of aryl methyl sites for hydroxylation is 1. The molecule has 1 aromatic carbocycles. The van der Waals surface area contributed by atoms with Crippen molar-refractivity contribution in [1.29, 1.82) is 0 Å². The van der Waals surface area contributed by atoms with Crippen LogP contribution in [0.4, 0.5) is 11.5 Å². The maximum atomic E-state index is 13.2. The van der Waals surface area contributed by atoms with E-state index in [0.29, 0.717) is 30.5 Å². The maximum absolute atomic E-state index is 13.2. The molecule has 1 aromatic heterocycles. The van der Waals surface area contributed by atoms with Crippen molar-refractivity contribution in [3.63, 3.8) is 0 Å². The highest BCUT2D eigenvalue weighted by molar-refractivity contribution is 8.00. The first-order valence-electron chi connectivity index (χ1n) is 9.45. The van der Waals surface area contributed by atoms with Gasteiger partial charge in [0.15, 0.2) is 5.16 Å². The smallest absolute Gasteiger partial charge is 0.343 e. The molecule has 0 saturated heterocycles. The van der Waals surface area contributed by atoms with Gasteiger partial charge in [-0.1, -0.05) is 24.8 Å². The molecule has 0 fully saturated rings. The molecular weight excluding hydrogens is 392 g/mol. The number of anilines is 2. The van der Waals surface area contributed by atoms with E-state index in [0.717, 1.165) is 11.3 Å². The van der Waals surface area contributed by atoms with Crippen molar-refractivity contribution in [2.24, 2.45) is 0 Å². The van der Waals surface area contributed by atoms with Crippen molar-refractivity contribution < 1.29 is 19.1 Å². The van der Waals surface area contributed by atoms with Crippen molar-refractivity contribution in [3.05, 3.63) is 35.5 Å². The highest BCUT2D eigenvalue weighted by Gasteiger charge is 2.30. The number of thioether (sulfide) groups is 1. The van der Waals surface area contributed by atoms with Gasteiger partial charge in [-0.05, 0) is 38.0 Å². The van der Waals surface area contributed by atoms with Gasteiger partial charge in [0.1, 0.15) is 23.7 Å². The van der Waals surface area contributed by atoms with Crippen molar-refractivity contribution in [1.82, 2.24) is 9.97 Å². The molecule has 0 saturated carbocycles. The summed E-state index contributed by atoms with van der Waals surface area (Å²) in [6.45, 7) is 6.79. The van der Waals surface area contributed by atoms with E-state index < -0.39 is 11.2 Å². The number of nitrogens with zero attached hydrogens (tertiary/aromatic N) is 3. The number of carbonyl (C=O) groups excluding carboxylic acids is 2. The predicted molar refractivity (Wildman–Crippen MR) is 111 cm³/mol. The van der Waals surface area contributed by atoms with E-state index >= 15 is 0 Å². The standard InChI is InChI=1S/C20H24N4O4S/c1-4-16(29-20-22-11-13(17(21)23-20)19(26)27-5-2)18(25)24-8-9-28-15-7-6-12(3)10-14(15)24/h6-7,10-11,16H,4-5,8-9H2,1-3H3,(H2,21,22,23)/t16-/m1/s1. The third kappa shape index (κ3) is 4.61. The summed E-state index contributed by atoms with van der Waals surface area (Å²) in [5.41, 5.74) is 7.84. The molecule has 0 radical (unpaired) electrons. The lowest BCUT2D eigenvalue weighted by molar-refractivity contribution is -0.118. The third-order valence-electron chi connectivity index (χ3n) is 4.43. The van der Waals surface area contributed by atoms with Gasteiger partial charge >= 0.3 is 5.97 Å². The summed E-state index contributed by atoms with van der Waals surface area (Å²) >= 11 is 1.23. The molecule has 1 aliphatic rings. The molecule has 3 rings (SSSR count). The van der Waals surface area contributed by atoms with Gasteiger partial charge in [-0.15, -0.1) is 0 Å². The van der Waals surface area contributed by atoms with Gasteiger partial charge in [0, 0.05) is 6.20 Å². The van der Waals surface area contributed by atoms with E-state index in [1.54, 1.807) is 11.8 Å². The molecule has 0 unspecified atom stereocenters. The quantitative estimate of drug-likeness (QED) is 0.435. The minimum absolute atomic E-state index is 0.0376. The number of esters is 1. The fourth-order valence-electron chi connectivity index (χ4n) is 2.97. The van der Waals surface area contributed by atoms with Gasteiger partial charge in [-0.2, -0.15) is 0 Å². The van der Waals surface area contributed by atoms with E-state index in [9.17, 15) is 9.59 Å². The summed E-state index contributed by atoms with van der Waals surface area (Å²) in [6, 6.07) is 5.79. The Kier molecular flexibility index (Phi) is 6.58. The second-order valence-electron chi connectivity index (χ2n) is 6.50. The first kappa shape index (κ1) is 20.9. The second-order valence-corrected chi connectivity index (χ2v) is 7.67. The first-order chi connectivity index (χ1) is 13.9. The molecule has 1 atom stereocenters. The Balaban J connectivity index is 1.79. The Hall–Kier alpha value is -2.81. The highest BCUT2D eigenvalue weighted by Crippen LogP contribution is 2.35. The van der Waals surface area contributed by atoms with Gasteiger partial charge in [0.25, 0.3) is 0 Å². The van der Waals surface area contributed by atoms with Crippen LogP contribution < -0.4 is 15.4 Å². The normalized spacial score (nSPS) is 14.0. The van der Waals surface area contributed by atoms with Crippen LogP contribution >= 0.6 is 11.8 Å². The summed E-state index contributed by atoms with van der Waals surface area (Å²) < 4.78 is 10.6. The molecule has 8 nitrogen and oxygen atoms in total. The van der Waals surface area contributed by atoms with Crippen LogP contribution in [0.1, 0.15) is 36.2 Å². The van der Waals surface area contributed by atoms with Crippen LogP contribution in [0.3, 0.4) is 0 Å². The lowest BCUT2D eigenvalue weighted by Gasteiger charge is -2.32. The van der Waals surface area contributed by atoms with E-state index in [-0.39, 0.29) is 23.9 Å². The number of hydrogen-bond acceptors (Lipinski definition) is 8. The summed E-state index contributed by atoms with van der Waals surface area (Å²) in [6.07, 6.45) is 1.93. The molecule has 0 spiro atoms. The Morgan fingerprint density at radius 2 is 2.17 bits per heavy atom. The van der Waals surface area contributed by atoms with Crippen LogP contribution in [0, 0.1) is 6.92 Å². The number of amides is 1. The van der Waals surface area contributed by atoms with Crippen LogP contribution in [0.25, 0.3) is 0 Å². The van der Waals surface area contributed by atoms with E-state index in [4.69, 9.17) is 15.2 Å². The first-order valence-corrected chi connectivity index (χ1v) is 10.3. The molecule has 1 aliphatic heterocycles. The zero-order valence-corrected chi connectivity index (χ0v) is 17.5. The average Bonchev–Trinajstić information content (AvgIpc) is 2.71.